The highest BCUT2D eigenvalue weighted by Crippen LogP contribution is 2.14. The van der Waals surface area contributed by atoms with E-state index < -0.39 is 24.4 Å². The largest absolute Gasteiger partial charge is 0.452 e. The van der Waals surface area contributed by atoms with Crippen LogP contribution < -0.4 is 11.1 Å². The van der Waals surface area contributed by atoms with E-state index in [0.29, 0.717) is 0 Å². The monoisotopic (exact) mass is 299 g/mol. The van der Waals surface area contributed by atoms with E-state index in [-0.39, 0.29) is 16.8 Å². The van der Waals surface area contributed by atoms with Gasteiger partial charge in [0.1, 0.15) is 0 Å². The first kappa shape index (κ1) is 15.2. The fourth-order valence-corrected chi connectivity index (χ4v) is 1.69. The number of nitrogens with one attached hydrogen (secondary N) is 1. The van der Waals surface area contributed by atoms with Crippen LogP contribution in [0.5, 0.6) is 0 Å². The lowest BCUT2D eigenvalue weighted by molar-refractivity contribution is -0.119. The molecule has 0 unspecified atom stereocenters. The number of ether oxygens (including phenoxy) is 1. The van der Waals surface area contributed by atoms with Crippen LogP contribution in [0.3, 0.4) is 0 Å². The number of pyridine rings is 1. The maximum atomic E-state index is 11.8. The Morgan fingerprint density at radius 3 is 2.59 bits per heavy atom. The first-order valence-electron chi connectivity index (χ1n) is 6.34. The van der Waals surface area contributed by atoms with Crippen LogP contribution in [0.25, 0.3) is 0 Å². The summed E-state index contributed by atoms with van der Waals surface area (Å²) in [5, 5.41) is 2.47. The van der Waals surface area contributed by atoms with Crippen LogP contribution in [0.4, 0.5) is 5.69 Å². The molecule has 1 aromatic heterocycles. The Bertz CT molecular complexity index is 701. The minimum Gasteiger partial charge on any atom is -0.452 e. The Balaban J connectivity index is 1.94. The van der Waals surface area contributed by atoms with Crippen molar-refractivity contribution >= 4 is 23.5 Å². The fraction of sp³-hybridized carbons (Fsp3) is 0.0667. The lowest BCUT2D eigenvalue weighted by atomic mass is 10.1. The number of para-hydroxylation sites is 1. The summed E-state index contributed by atoms with van der Waals surface area (Å²) in [4.78, 5) is 38.4. The van der Waals surface area contributed by atoms with Gasteiger partial charge in [-0.15, -0.1) is 0 Å². The van der Waals surface area contributed by atoms with Crippen LogP contribution in [-0.2, 0) is 9.53 Å². The molecule has 0 aliphatic heterocycles. The van der Waals surface area contributed by atoms with Crippen LogP contribution in [0, 0.1) is 0 Å². The van der Waals surface area contributed by atoms with Crippen molar-refractivity contribution in [3.63, 3.8) is 0 Å². The van der Waals surface area contributed by atoms with Crippen molar-refractivity contribution in [1.82, 2.24) is 4.98 Å². The third-order valence-electron chi connectivity index (χ3n) is 2.70. The molecule has 7 nitrogen and oxygen atoms in total. The predicted molar refractivity (Wildman–Crippen MR) is 78.1 cm³/mol. The summed E-state index contributed by atoms with van der Waals surface area (Å²) in [6.07, 6.45) is 2.85. The van der Waals surface area contributed by atoms with Crippen molar-refractivity contribution in [1.29, 1.82) is 0 Å². The zero-order chi connectivity index (χ0) is 15.9. The van der Waals surface area contributed by atoms with Gasteiger partial charge in [-0.25, -0.2) is 4.79 Å². The van der Waals surface area contributed by atoms with E-state index in [1.807, 2.05) is 0 Å². The highest BCUT2D eigenvalue weighted by atomic mass is 16.5. The van der Waals surface area contributed by atoms with E-state index in [0.717, 1.165) is 0 Å². The van der Waals surface area contributed by atoms with Gasteiger partial charge in [-0.1, -0.05) is 12.1 Å². The molecule has 0 saturated carbocycles. The smallest absolute Gasteiger partial charge is 0.340 e. The number of carbonyl (C=O) groups excluding carboxylic acids is 3. The summed E-state index contributed by atoms with van der Waals surface area (Å²) in [6.45, 7) is -0.485. The van der Waals surface area contributed by atoms with Gasteiger partial charge in [0.25, 0.3) is 11.8 Å². The van der Waals surface area contributed by atoms with Gasteiger partial charge in [0.2, 0.25) is 0 Å². The lowest BCUT2D eigenvalue weighted by Crippen LogP contribution is -2.23. The molecular weight excluding hydrogens is 286 g/mol. The number of hydrogen-bond acceptors (Lipinski definition) is 5. The van der Waals surface area contributed by atoms with Crippen molar-refractivity contribution in [2.24, 2.45) is 5.73 Å². The number of nitrogens with zero attached hydrogens (tertiary/aromatic N) is 1. The second kappa shape index (κ2) is 6.98. The van der Waals surface area contributed by atoms with Gasteiger partial charge in [-0.2, -0.15) is 0 Å². The summed E-state index contributed by atoms with van der Waals surface area (Å²) >= 11 is 0. The van der Waals surface area contributed by atoms with Crippen molar-refractivity contribution in [2.45, 2.75) is 0 Å². The van der Waals surface area contributed by atoms with Gasteiger partial charge >= 0.3 is 5.97 Å². The maximum Gasteiger partial charge on any atom is 0.340 e. The van der Waals surface area contributed by atoms with Gasteiger partial charge in [0.15, 0.2) is 6.61 Å². The Morgan fingerprint density at radius 2 is 1.91 bits per heavy atom. The number of amides is 2. The van der Waals surface area contributed by atoms with Crippen LogP contribution in [0.1, 0.15) is 20.7 Å². The van der Waals surface area contributed by atoms with E-state index >= 15 is 0 Å². The van der Waals surface area contributed by atoms with Gasteiger partial charge < -0.3 is 15.8 Å². The van der Waals surface area contributed by atoms with Crippen molar-refractivity contribution < 1.29 is 19.1 Å². The third kappa shape index (κ3) is 3.89. The number of aromatic nitrogens is 1. The summed E-state index contributed by atoms with van der Waals surface area (Å²) in [7, 11) is 0. The predicted octanol–water partition coefficient (Wildman–Crippen LogP) is 0.976. The molecule has 0 fully saturated rings. The Kier molecular flexibility index (Phi) is 4.81. The quantitative estimate of drug-likeness (QED) is 0.799. The van der Waals surface area contributed by atoms with Crippen LogP contribution in [0.2, 0.25) is 0 Å². The Morgan fingerprint density at radius 1 is 1.14 bits per heavy atom. The first-order valence-corrected chi connectivity index (χ1v) is 6.34. The standard InChI is InChI=1S/C15H13N3O4/c16-14(20)11-5-1-2-6-12(11)18-13(19)9-22-15(21)10-4-3-7-17-8-10/h1-8H,9H2,(H2,16,20)(H,18,19). The molecule has 0 atom stereocenters. The van der Waals surface area contributed by atoms with E-state index in [1.165, 1.54) is 30.6 Å². The first-order chi connectivity index (χ1) is 10.6. The highest BCUT2D eigenvalue weighted by Gasteiger charge is 2.13. The molecule has 0 saturated heterocycles. The van der Waals surface area contributed by atoms with Crippen molar-refractivity contribution in [3.05, 3.63) is 59.9 Å². The molecule has 0 spiro atoms. The molecule has 0 bridgehead atoms. The van der Waals surface area contributed by atoms with Gasteiger partial charge in [-0.05, 0) is 24.3 Å². The van der Waals surface area contributed by atoms with E-state index in [9.17, 15) is 14.4 Å². The molecule has 3 N–H and O–H groups in total. The van der Waals surface area contributed by atoms with E-state index in [2.05, 4.69) is 10.3 Å². The Hall–Kier alpha value is -3.22. The summed E-state index contributed by atoms with van der Waals surface area (Å²) in [5.74, 6) is -1.90. The molecule has 1 heterocycles. The third-order valence-corrected chi connectivity index (χ3v) is 2.70. The lowest BCUT2D eigenvalue weighted by Gasteiger charge is -2.09. The number of anilines is 1. The van der Waals surface area contributed by atoms with Crippen LogP contribution >= 0.6 is 0 Å². The SMILES string of the molecule is NC(=O)c1ccccc1NC(=O)COC(=O)c1cccnc1. The van der Waals surface area contributed by atoms with Gasteiger partial charge in [-0.3, -0.25) is 14.6 Å². The summed E-state index contributed by atoms with van der Waals surface area (Å²) in [6, 6.07) is 9.39. The van der Waals surface area contributed by atoms with Gasteiger partial charge in [0.05, 0.1) is 16.8 Å². The van der Waals surface area contributed by atoms with E-state index in [1.54, 1.807) is 18.2 Å². The number of benzene rings is 1. The molecule has 2 amide bonds. The molecule has 2 rings (SSSR count). The zero-order valence-corrected chi connectivity index (χ0v) is 11.5. The number of primary amides is 1. The average molecular weight is 299 g/mol. The molecule has 0 aliphatic carbocycles. The van der Waals surface area contributed by atoms with Crippen LogP contribution in [0.15, 0.2) is 48.8 Å². The minimum absolute atomic E-state index is 0.175. The molecule has 2 aromatic rings. The second-order valence-electron chi connectivity index (χ2n) is 4.28. The summed E-state index contributed by atoms with van der Waals surface area (Å²) in [5.41, 5.74) is 5.89. The number of hydrogen-bond donors (Lipinski definition) is 2. The normalized spacial score (nSPS) is 9.82. The second-order valence-corrected chi connectivity index (χ2v) is 4.28. The van der Waals surface area contributed by atoms with Gasteiger partial charge in [0, 0.05) is 12.4 Å². The molecular formula is C15H13N3O4. The number of rotatable bonds is 5. The number of esters is 1. The molecule has 0 radical (unpaired) electrons. The number of carbonyl (C=O) groups is 3. The topological polar surface area (TPSA) is 111 Å². The van der Waals surface area contributed by atoms with E-state index in [4.69, 9.17) is 10.5 Å². The van der Waals surface area contributed by atoms with Crippen LogP contribution in [-0.4, -0.2) is 29.4 Å². The van der Waals surface area contributed by atoms with Crippen molar-refractivity contribution in [3.8, 4) is 0 Å². The Labute approximate surface area is 126 Å². The average Bonchev–Trinajstić information content (AvgIpc) is 2.53. The molecule has 112 valence electrons. The molecule has 22 heavy (non-hydrogen) atoms. The summed E-state index contributed by atoms with van der Waals surface area (Å²) < 4.78 is 4.86. The zero-order valence-electron chi connectivity index (χ0n) is 11.5. The maximum absolute atomic E-state index is 11.8. The number of nitrogens with two attached hydrogens (primary N) is 1. The fourth-order valence-electron chi connectivity index (χ4n) is 1.69. The van der Waals surface area contributed by atoms with Crippen molar-refractivity contribution in [2.75, 3.05) is 11.9 Å². The molecule has 0 aliphatic rings. The molecule has 7 heteroatoms. The highest BCUT2D eigenvalue weighted by molar-refractivity contribution is 6.03. The minimum atomic E-state index is -0.664. The molecule has 1 aromatic carbocycles.